The van der Waals surface area contributed by atoms with Crippen LogP contribution in [0.4, 0.5) is 18.0 Å². The Morgan fingerprint density at radius 1 is 1.29 bits per heavy atom. The standard InChI is InChI=1S/C20H28N6O2.C2HF3O2/c1-4-13-10-14(28-20(27)21-8-9-25(2)3)11-15(13)19-24-23-18-12-22-16-6-5-7-17(16)26(18)19;3-2(4,5)1(6)7/h5,7,12-15H,4,6,8-11H2,1-3H3,(H,21,27);(H,6,7)/t13-,14+,15+;/m1./s1. The summed E-state index contributed by atoms with van der Waals surface area (Å²) in [5, 5.41) is 18.8. The summed E-state index contributed by atoms with van der Waals surface area (Å²) in [6.45, 7) is 3.56. The van der Waals surface area contributed by atoms with E-state index in [-0.39, 0.29) is 18.1 Å². The summed E-state index contributed by atoms with van der Waals surface area (Å²) in [5.41, 5.74) is 2.92. The van der Waals surface area contributed by atoms with Crippen LogP contribution in [0.5, 0.6) is 0 Å². The number of nitrogens with zero attached hydrogens (tertiary/aromatic N) is 5. The first-order chi connectivity index (χ1) is 16.5. The van der Waals surface area contributed by atoms with Gasteiger partial charge in [-0.05, 0) is 38.9 Å². The van der Waals surface area contributed by atoms with Crippen LogP contribution in [-0.2, 0) is 16.0 Å². The molecule has 1 fully saturated rings. The number of alkyl halides is 3. The van der Waals surface area contributed by atoms with Crippen LogP contribution in [-0.4, -0.2) is 81.1 Å². The van der Waals surface area contributed by atoms with Crippen molar-refractivity contribution in [2.24, 2.45) is 5.92 Å². The molecule has 0 unspecified atom stereocenters. The molecule has 10 nitrogen and oxygen atoms in total. The van der Waals surface area contributed by atoms with Gasteiger partial charge in [-0.25, -0.2) is 9.59 Å². The SMILES string of the molecule is CC[C@@H]1C[C@H](OC(=O)NCCN(C)C)C[C@@H]1c1nnc2cnc3c(n12)C=CC3.O=C(O)C(F)(F)F. The van der Waals surface area contributed by atoms with Gasteiger partial charge in [0.25, 0.3) is 0 Å². The highest BCUT2D eigenvalue weighted by molar-refractivity contribution is 5.73. The average Bonchev–Trinajstić information content (AvgIpc) is 3.49. The van der Waals surface area contributed by atoms with Crippen LogP contribution in [0.1, 0.15) is 49.3 Å². The molecule has 35 heavy (non-hydrogen) atoms. The third-order valence-corrected chi connectivity index (χ3v) is 6.02. The molecule has 0 aliphatic heterocycles. The molecule has 2 aromatic rings. The lowest BCUT2D eigenvalue weighted by atomic mass is 9.93. The van der Waals surface area contributed by atoms with Crippen LogP contribution in [0, 0.1) is 5.92 Å². The number of aliphatic carboxylic acids is 1. The van der Waals surface area contributed by atoms with Gasteiger partial charge in [0.05, 0.1) is 17.6 Å². The number of hydrogen-bond donors (Lipinski definition) is 2. The average molecular weight is 499 g/mol. The van der Waals surface area contributed by atoms with Crippen molar-refractivity contribution in [3.63, 3.8) is 0 Å². The molecule has 3 atom stereocenters. The third-order valence-electron chi connectivity index (χ3n) is 6.02. The highest BCUT2D eigenvalue weighted by Gasteiger charge is 2.39. The Bertz CT molecular complexity index is 1090. The number of likely N-dealkylation sites (N-methyl/N-ethyl adjacent to an activating group) is 1. The van der Waals surface area contributed by atoms with E-state index in [4.69, 9.17) is 14.6 Å². The van der Waals surface area contributed by atoms with Crippen molar-refractivity contribution in [3.05, 3.63) is 29.5 Å². The number of carboxylic acid groups (broad SMARTS) is 1. The molecule has 2 aliphatic carbocycles. The van der Waals surface area contributed by atoms with E-state index >= 15 is 0 Å². The van der Waals surface area contributed by atoms with Crippen LogP contribution < -0.4 is 5.32 Å². The number of carbonyl (C=O) groups excluding carboxylic acids is 1. The van der Waals surface area contributed by atoms with Crippen molar-refractivity contribution >= 4 is 23.8 Å². The minimum atomic E-state index is -5.08. The molecule has 2 heterocycles. The molecule has 0 aromatic carbocycles. The summed E-state index contributed by atoms with van der Waals surface area (Å²) in [6.07, 6.45) is 4.02. The molecule has 192 valence electrons. The summed E-state index contributed by atoms with van der Waals surface area (Å²) in [6, 6.07) is 0. The molecule has 0 bridgehead atoms. The monoisotopic (exact) mass is 498 g/mol. The second-order valence-corrected chi connectivity index (χ2v) is 8.75. The lowest BCUT2D eigenvalue weighted by Gasteiger charge is -2.16. The van der Waals surface area contributed by atoms with E-state index in [1.54, 1.807) is 6.20 Å². The summed E-state index contributed by atoms with van der Waals surface area (Å²) < 4.78 is 39.6. The first-order valence-electron chi connectivity index (χ1n) is 11.3. The van der Waals surface area contributed by atoms with E-state index in [2.05, 4.69) is 44.0 Å². The Hall–Kier alpha value is -3.22. The van der Waals surface area contributed by atoms with Crippen LogP contribution in [0.15, 0.2) is 12.3 Å². The van der Waals surface area contributed by atoms with Gasteiger partial charge in [-0.3, -0.25) is 9.38 Å². The molecular formula is C22H29F3N6O4. The summed E-state index contributed by atoms with van der Waals surface area (Å²) in [4.78, 5) is 27.5. The highest BCUT2D eigenvalue weighted by Crippen LogP contribution is 2.42. The van der Waals surface area contributed by atoms with E-state index in [1.165, 1.54) is 0 Å². The number of rotatable bonds is 6. The Morgan fingerprint density at radius 3 is 2.63 bits per heavy atom. The lowest BCUT2D eigenvalue weighted by molar-refractivity contribution is -0.192. The van der Waals surface area contributed by atoms with E-state index in [1.807, 2.05) is 19.0 Å². The predicted molar refractivity (Wildman–Crippen MR) is 120 cm³/mol. The Balaban J connectivity index is 0.000000429. The second-order valence-electron chi connectivity index (χ2n) is 8.75. The zero-order valence-corrected chi connectivity index (χ0v) is 19.7. The summed E-state index contributed by atoms with van der Waals surface area (Å²) in [7, 11) is 3.95. The lowest BCUT2D eigenvalue weighted by Crippen LogP contribution is -2.33. The van der Waals surface area contributed by atoms with Crippen LogP contribution in [0.2, 0.25) is 0 Å². The quantitative estimate of drug-likeness (QED) is 0.624. The fourth-order valence-electron chi connectivity index (χ4n) is 4.33. The minimum absolute atomic E-state index is 0.0907. The normalized spacial score (nSPS) is 21.1. The molecule has 4 rings (SSSR count). The number of amides is 1. The van der Waals surface area contributed by atoms with Crippen molar-refractivity contribution < 1.29 is 32.6 Å². The van der Waals surface area contributed by atoms with Gasteiger partial charge in [-0.2, -0.15) is 13.2 Å². The van der Waals surface area contributed by atoms with E-state index in [0.29, 0.717) is 12.5 Å². The number of fused-ring (bicyclic) bond motifs is 3. The van der Waals surface area contributed by atoms with Gasteiger partial charge in [-0.1, -0.05) is 19.4 Å². The molecule has 0 radical (unpaired) electrons. The maximum absolute atomic E-state index is 12.1. The minimum Gasteiger partial charge on any atom is -0.475 e. The van der Waals surface area contributed by atoms with Gasteiger partial charge in [0, 0.05) is 25.4 Å². The fraction of sp³-hybridized carbons (Fsp3) is 0.591. The number of alkyl carbamates (subject to hydrolysis) is 1. The van der Waals surface area contributed by atoms with Gasteiger partial charge in [0.15, 0.2) is 5.65 Å². The zero-order chi connectivity index (χ0) is 25.8. The smallest absolute Gasteiger partial charge is 0.475 e. The number of carbonyl (C=O) groups is 2. The zero-order valence-electron chi connectivity index (χ0n) is 19.7. The highest BCUT2D eigenvalue weighted by atomic mass is 19.4. The van der Waals surface area contributed by atoms with Gasteiger partial charge in [0.2, 0.25) is 0 Å². The number of aromatic nitrogens is 4. The molecule has 1 amide bonds. The Labute approximate surface area is 200 Å². The van der Waals surface area contributed by atoms with Crippen molar-refractivity contribution in [1.29, 1.82) is 0 Å². The molecule has 0 saturated heterocycles. The molecule has 0 spiro atoms. The van der Waals surface area contributed by atoms with Crippen molar-refractivity contribution in [2.45, 2.75) is 50.8 Å². The molecule has 2 aromatic heterocycles. The first kappa shape index (κ1) is 26.4. The number of hydrogen-bond acceptors (Lipinski definition) is 7. The van der Waals surface area contributed by atoms with E-state index in [9.17, 15) is 18.0 Å². The maximum atomic E-state index is 12.1. The van der Waals surface area contributed by atoms with Gasteiger partial charge in [-0.15, -0.1) is 10.2 Å². The van der Waals surface area contributed by atoms with E-state index < -0.39 is 12.1 Å². The molecule has 13 heteroatoms. The predicted octanol–water partition coefficient (Wildman–Crippen LogP) is 2.89. The largest absolute Gasteiger partial charge is 0.490 e. The number of nitrogens with one attached hydrogen (secondary N) is 1. The van der Waals surface area contributed by atoms with Crippen LogP contribution in [0.25, 0.3) is 11.7 Å². The number of carboxylic acids is 1. The second kappa shape index (κ2) is 11.0. The van der Waals surface area contributed by atoms with Gasteiger partial charge < -0.3 is 20.1 Å². The molecule has 2 aliphatic rings. The topological polar surface area (TPSA) is 122 Å². The molecule has 2 N–H and O–H groups in total. The van der Waals surface area contributed by atoms with Gasteiger partial charge >= 0.3 is 18.2 Å². The van der Waals surface area contributed by atoms with Gasteiger partial charge in [0.1, 0.15) is 11.9 Å². The van der Waals surface area contributed by atoms with Crippen molar-refractivity contribution in [3.8, 4) is 0 Å². The van der Waals surface area contributed by atoms with E-state index in [0.717, 1.165) is 55.1 Å². The number of ether oxygens (including phenoxy) is 1. The number of halogens is 3. The summed E-state index contributed by atoms with van der Waals surface area (Å²) >= 11 is 0. The van der Waals surface area contributed by atoms with Crippen molar-refractivity contribution in [2.75, 3.05) is 27.2 Å². The molecule has 1 saturated carbocycles. The third kappa shape index (κ3) is 6.47. The summed E-state index contributed by atoms with van der Waals surface area (Å²) in [5.74, 6) is -1.15. The van der Waals surface area contributed by atoms with Crippen LogP contribution >= 0.6 is 0 Å². The Morgan fingerprint density at radius 2 is 2.00 bits per heavy atom. The Kier molecular flexibility index (Phi) is 8.30. The van der Waals surface area contributed by atoms with Crippen LogP contribution in [0.3, 0.4) is 0 Å². The maximum Gasteiger partial charge on any atom is 0.490 e. The number of allylic oxidation sites excluding steroid dienone is 1. The fourth-order valence-corrected chi connectivity index (χ4v) is 4.33. The van der Waals surface area contributed by atoms with Crippen molar-refractivity contribution in [1.82, 2.24) is 29.8 Å². The first-order valence-corrected chi connectivity index (χ1v) is 11.3. The molecular weight excluding hydrogens is 469 g/mol.